The van der Waals surface area contributed by atoms with Gasteiger partial charge in [0.05, 0.1) is 4.90 Å². The van der Waals surface area contributed by atoms with E-state index in [1.807, 2.05) is 40.7 Å². The van der Waals surface area contributed by atoms with Gasteiger partial charge in [-0.15, -0.1) is 12.4 Å². The Labute approximate surface area is 162 Å². The summed E-state index contributed by atoms with van der Waals surface area (Å²) in [6, 6.07) is 6.17. The first-order valence-corrected chi connectivity index (χ1v) is 10.1. The summed E-state index contributed by atoms with van der Waals surface area (Å²) in [6.07, 6.45) is 0. The van der Waals surface area contributed by atoms with Crippen molar-refractivity contribution < 1.29 is 8.42 Å². The zero-order valence-corrected chi connectivity index (χ0v) is 17.6. The molecule has 1 heterocycles. The second-order valence-corrected chi connectivity index (χ2v) is 8.69. The number of halogens is 1. The largest absolute Gasteiger partial charge is 0.309 e. The van der Waals surface area contributed by atoms with E-state index < -0.39 is 10.0 Å². The van der Waals surface area contributed by atoms with E-state index >= 15 is 0 Å². The highest BCUT2D eigenvalue weighted by atomic mass is 35.5. The van der Waals surface area contributed by atoms with Crippen molar-refractivity contribution in [1.82, 2.24) is 10.0 Å². The van der Waals surface area contributed by atoms with Gasteiger partial charge >= 0.3 is 0 Å². The van der Waals surface area contributed by atoms with Crippen molar-refractivity contribution in [2.45, 2.75) is 59.1 Å². The normalized spacial score (nSPS) is 13.4. The Morgan fingerprint density at radius 2 is 1.42 bits per heavy atom. The summed E-state index contributed by atoms with van der Waals surface area (Å²) in [5.74, 6) is 0. The Bertz CT molecular complexity index is 924. The highest BCUT2D eigenvalue weighted by Gasteiger charge is 2.23. The van der Waals surface area contributed by atoms with Crippen molar-refractivity contribution in [2.75, 3.05) is 0 Å². The minimum Gasteiger partial charge on any atom is -0.309 e. The van der Waals surface area contributed by atoms with Gasteiger partial charge in [-0.25, -0.2) is 13.1 Å². The Hall–Kier alpha value is -1.40. The van der Waals surface area contributed by atoms with Gasteiger partial charge in [-0.3, -0.25) is 0 Å². The molecule has 1 aliphatic rings. The fourth-order valence-electron chi connectivity index (χ4n) is 3.58. The van der Waals surface area contributed by atoms with Crippen LogP contribution in [0.1, 0.15) is 44.5 Å². The molecule has 2 aromatic carbocycles. The average Bonchev–Trinajstić information content (AvgIpc) is 3.04. The first-order chi connectivity index (χ1) is 11.7. The van der Waals surface area contributed by atoms with Crippen molar-refractivity contribution in [3.63, 3.8) is 0 Å². The summed E-state index contributed by atoms with van der Waals surface area (Å²) in [4.78, 5) is 0.427. The lowest BCUT2D eigenvalue weighted by Crippen LogP contribution is -2.25. The zero-order valence-electron chi connectivity index (χ0n) is 16.0. The standard InChI is InChI=1S/C20H26N2O2S.ClH/c1-12-13(2)15(4)20(16(5)14(12)3)25(23,24)22-9-17-6-7-18-10-21-11-19(18)8-17;/h6-8,21-22H,9-11H2,1-5H3;1H. The second kappa shape index (κ2) is 7.69. The SMILES string of the molecule is Cc1c(C)c(C)c(S(=O)(=O)NCc2ccc3c(c2)CNC3)c(C)c1C.Cl. The minimum atomic E-state index is -3.56. The zero-order chi connectivity index (χ0) is 18.4. The number of fused-ring (bicyclic) bond motifs is 1. The molecule has 0 radical (unpaired) electrons. The molecule has 2 N–H and O–H groups in total. The second-order valence-electron chi connectivity index (χ2n) is 6.99. The molecular formula is C20H27ClN2O2S. The molecule has 0 aliphatic carbocycles. The van der Waals surface area contributed by atoms with E-state index in [4.69, 9.17) is 0 Å². The van der Waals surface area contributed by atoms with Gasteiger partial charge < -0.3 is 5.32 Å². The molecule has 142 valence electrons. The van der Waals surface area contributed by atoms with E-state index in [-0.39, 0.29) is 12.4 Å². The Morgan fingerprint density at radius 1 is 0.885 bits per heavy atom. The van der Waals surface area contributed by atoms with Crippen molar-refractivity contribution in [2.24, 2.45) is 0 Å². The fraction of sp³-hybridized carbons (Fsp3) is 0.400. The van der Waals surface area contributed by atoms with Crippen LogP contribution >= 0.6 is 12.4 Å². The lowest BCUT2D eigenvalue weighted by Gasteiger charge is -2.19. The van der Waals surface area contributed by atoms with Crippen LogP contribution in [0.2, 0.25) is 0 Å². The third kappa shape index (κ3) is 3.67. The number of sulfonamides is 1. The van der Waals surface area contributed by atoms with Crippen molar-refractivity contribution in [1.29, 1.82) is 0 Å². The maximum Gasteiger partial charge on any atom is 0.241 e. The number of nitrogens with one attached hydrogen (secondary N) is 2. The van der Waals surface area contributed by atoms with Crippen molar-refractivity contribution >= 4 is 22.4 Å². The van der Waals surface area contributed by atoms with Crippen LogP contribution < -0.4 is 10.0 Å². The molecule has 0 aromatic heterocycles. The first kappa shape index (κ1) is 20.9. The summed E-state index contributed by atoms with van der Waals surface area (Å²) in [5, 5.41) is 3.31. The highest BCUT2D eigenvalue weighted by Crippen LogP contribution is 2.29. The molecule has 6 heteroatoms. The van der Waals surface area contributed by atoms with E-state index in [9.17, 15) is 8.42 Å². The van der Waals surface area contributed by atoms with E-state index in [0.29, 0.717) is 11.4 Å². The Morgan fingerprint density at radius 3 is 2.04 bits per heavy atom. The molecule has 26 heavy (non-hydrogen) atoms. The van der Waals surface area contributed by atoms with Crippen LogP contribution in [-0.4, -0.2) is 8.42 Å². The molecule has 0 fully saturated rings. The third-order valence-electron chi connectivity index (χ3n) is 5.57. The van der Waals surface area contributed by atoms with Crippen LogP contribution in [0.4, 0.5) is 0 Å². The molecule has 0 unspecified atom stereocenters. The molecule has 4 nitrogen and oxygen atoms in total. The smallest absolute Gasteiger partial charge is 0.241 e. The number of hydrogen-bond donors (Lipinski definition) is 2. The van der Waals surface area contributed by atoms with Crippen LogP contribution in [0.15, 0.2) is 23.1 Å². The molecule has 0 saturated heterocycles. The summed E-state index contributed by atoms with van der Waals surface area (Å²) >= 11 is 0. The molecule has 3 rings (SSSR count). The summed E-state index contributed by atoms with van der Waals surface area (Å²) < 4.78 is 28.7. The summed E-state index contributed by atoms with van der Waals surface area (Å²) in [6.45, 7) is 11.9. The van der Waals surface area contributed by atoms with Gasteiger partial charge in [0.15, 0.2) is 0 Å². The van der Waals surface area contributed by atoms with Gasteiger partial charge in [0, 0.05) is 19.6 Å². The Balaban J connectivity index is 0.00000243. The first-order valence-electron chi connectivity index (χ1n) is 8.60. The van der Waals surface area contributed by atoms with Gasteiger partial charge in [-0.05, 0) is 79.1 Å². The van der Waals surface area contributed by atoms with Crippen LogP contribution in [0.5, 0.6) is 0 Å². The van der Waals surface area contributed by atoms with E-state index in [0.717, 1.165) is 40.9 Å². The van der Waals surface area contributed by atoms with E-state index in [1.165, 1.54) is 16.7 Å². The lowest BCUT2D eigenvalue weighted by molar-refractivity contribution is 0.579. The van der Waals surface area contributed by atoms with Gasteiger partial charge in [0.25, 0.3) is 0 Å². The number of hydrogen-bond acceptors (Lipinski definition) is 3. The minimum absolute atomic E-state index is 0. The van der Waals surface area contributed by atoms with E-state index in [2.05, 4.69) is 22.2 Å². The van der Waals surface area contributed by atoms with Gasteiger partial charge in [0.2, 0.25) is 10.0 Å². The average molecular weight is 395 g/mol. The third-order valence-corrected chi connectivity index (χ3v) is 7.24. The molecule has 2 aromatic rings. The van der Waals surface area contributed by atoms with Gasteiger partial charge in [-0.2, -0.15) is 0 Å². The lowest BCUT2D eigenvalue weighted by atomic mass is 9.95. The monoisotopic (exact) mass is 394 g/mol. The summed E-state index contributed by atoms with van der Waals surface area (Å²) in [7, 11) is -3.56. The fourth-order valence-corrected chi connectivity index (χ4v) is 5.19. The topological polar surface area (TPSA) is 58.2 Å². The van der Waals surface area contributed by atoms with Gasteiger partial charge in [-0.1, -0.05) is 18.2 Å². The van der Waals surface area contributed by atoms with Crippen LogP contribution in [0.25, 0.3) is 0 Å². The maximum atomic E-state index is 13.0. The van der Waals surface area contributed by atoms with Crippen LogP contribution in [0.3, 0.4) is 0 Å². The predicted octanol–water partition coefficient (Wildman–Crippen LogP) is 3.73. The highest BCUT2D eigenvalue weighted by molar-refractivity contribution is 7.89. The van der Waals surface area contributed by atoms with Gasteiger partial charge in [0.1, 0.15) is 0 Å². The predicted molar refractivity (Wildman–Crippen MR) is 108 cm³/mol. The number of benzene rings is 2. The molecule has 0 bridgehead atoms. The number of rotatable bonds is 4. The molecule has 0 atom stereocenters. The molecule has 1 aliphatic heterocycles. The quantitative estimate of drug-likeness (QED) is 0.830. The van der Waals surface area contributed by atoms with Crippen molar-refractivity contribution in [3.8, 4) is 0 Å². The molecule has 0 amide bonds. The van der Waals surface area contributed by atoms with Crippen molar-refractivity contribution in [3.05, 3.63) is 62.7 Å². The van der Waals surface area contributed by atoms with Crippen LogP contribution in [-0.2, 0) is 29.7 Å². The maximum absolute atomic E-state index is 13.0. The van der Waals surface area contributed by atoms with E-state index in [1.54, 1.807) is 0 Å². The molecule has 0 spiro atoms. The van der Waals surface area contributed by atoms with Crippen LogP contribution in [0, 0.1) is 34.6 Å². The molecular weight excluding hydrogens is 368 g/mol. The Kier molecular flexibility index (Phi) is 6.18. The molecule has 0 saturated carbocycles. The summed E-state index contributed by atoms with van der Waals surface area (Å²) in [5.41, 5.74) is 8.48.